The zero-order valence-corrected chi connectivity index (χ0v) is 11.3. The van der Waals surface area contributed by atoms with E-state index in [1.165, 1.54) is 6.33 Å². The summed E-state index contributed by atoms with van der Waals surface area (Å²) in [4.78, 5) is 19.4. The van der Waals surface area contributed by atoms with Gasteiger partial charge in [-0.1, -0.05) is 0 Å². The molecule has 0 aliphatic heterocycles. The Balaban J connectivity index is 2.74. The monoisotopic (exact) mass is 287 g/mol. The highest BCUT2D eigenvalue weighted by atomic mass is 79.9. The van der Waals surface area contributed by atoms with Gasteiger partial charge in [-0.15, -0.1) is 0 Å². The van der Waals surface area contributed by atoms with E-state index in [0.29, 0.717) is 10.3 Å². The molecule has 1 amide bonds. The third kappa shape index (κ3) is 3.77. The van der Waals surface area contributed by atoms with Crippen molar-refractivity contribution in [1.82, 2.24) is 9.97 Å². The second-order valence-corrected chi connectivity index (χ2v) is 5.04. The molecule has 0 aliphatic carbocycles. The zero-order chi connectivity index (χ0) is 12.3. The van der Waals surface area contributed by atoms with E-state index in [1.54, 1.807) is 20.8 Å². The molecule has 1 heterocycles. The van der Waals surface area contributed by atoms with Crippen LogP contribution in [-0.4, -0.2) is 21.7 Å². The number of nitrogens with zero attached hydrogens (tertiary/aromatic N) is 2. The first-order valence-electron chi connectivity index (χ1n) is 4.76. The minimum atomic E-state index is -0.536. The maximum atomic E-state index is 11.5. The predicted molar refractivity (Wildman–Crippen MR) is 64.3 cm³/mol. The minimum Gasteiger partial charge on any atom is -0.444 e. The van der Waals surface area contributed by atoms with Gasteiger partial charge in [0.15, 0.2) is 5.82 Å². The van der Waals surface area contributed by atoms with Crippen molar-refractivity contribution < 1.29 is 9.53 Å². The van der Waals surface area contributed by atoms with Crippen LogP contribution in [-0.2, 0) is 4.74 Å². The van der Waals surface area contributed by atoms with Crippen molar-refractivity contribution in [3.63, 3.8) is 0 Å². The molecule has 1 N–H and O–H groups in total. The Kier molecular flexibility index (Phi) is 3.85. The molecule has 0 fully saturated rings. The molecule has 1 aromatic heterocycles. The van der Waals surface area contributed by atoms with Gasteiger partial charge in [-0.2, -0.15) is 0 Å². The standard InChI is InChI=1S/C10H14BrN3O2/c1-6-7(11)8(13-5-12-6)14-9(15)16-10(2,3)4/h5H,1-4H3,(H,12,13,14,15). The van der Waals surface area contributed by atoms with Gasteiger partial charge in [0.05, 0.1) is 10.2 Å². The molecule has 16 heavy (non-hydrogen) atoms. The molecule has 1 aromatic rings. The lowest BCUT2D eigenvalue weighted by Crippen LogP contribution is -2.27. The van der Waals surface area contributed by atoms with Gasteiger partial charge in [0.2, 0.25) is 0 Å². The Morgan fingerprint density at radius 2 is 2.06 bits per heavy atom. The third-order valence-corrected chi connectivity index (χ3v) is 2.53. The summed E-state index contributed by atoms with van der Waals surface area (Å²) in [6.45, 7) is 7.21. The Morgan fingerprint density at radius 3 is 2.62 bits per heavy atom. The average Bonchev–Trinajstić information content (AvgIpc) is 2.09. The number of rotatable bonds is 1. The average molecular weight is 288 g/mol. The van der Waals surface area contributed by atoms with Gasteiger partial charge in [0, 0.05) is 0 Å². The van der Waals surface area contributed by atoms with E-state index in [1.807, 2.05) is 6.92 Å². The largest absolute Gasteiger partial charge is 0.444 e. The maximum Gasteiger partial charge on any atom is 0.413 e. The molecule has 0 aliphatic rings. The van der Waals surface area contributed by atoms with Gasteiger partial charge < -0.3 is 4.74 Å². The summed E-state index contributed by atoms with van der Waals surface area (Å²) in [5, 5.41) is 2.55. The molecule has 0 spiro atoms. The van der Waals surface area contributed by atoms with E-state index in [9.17, 15) is 4.79 Å². The number of carbonyl (C=O) groups excluding carboxylic acids is 1. The molecular formula is C10H14BrN3O2. The Bertz CT molecular complexity index is 402. The molecular weight excluding hydrogens is 274 g/mol. The van der Waals surface area contributed by atoms with Gasteiger partial charge in [0.25, 0.3) is 0 Å². The van der Waals surface area contributed by atoms with E-state index >= 15 is 0 Å². The Labute approximate surface area is 103 Å². The lowest BCUT2D eigenvalue weighted by Gasteiger charge is -2.19. The first kappa shape index (κ1) is 12.9. The van der Waals surface area contributed by atoms with Crippen LogP contribution in [0.1, 0.15) is 26.5 Å². The van der Waals surface area contributed by atoms with Crippen molar-refractivity contribution in [3.8, 4) is 0 Å². The smallest absolute Gasteiger partial charge is 0.413 e. The quantitative estimate of drug-likeness (QED) is 0.863. The molecule has 0 aromatic carbocycles. The number of halogens is 1. The summed E-state index contributed by atoms with van der Waals surface area (Å²) < 4.78 is 5.76. The van der Waals surface area contributed by atoms with E-state index in [2.05, 4.69) is 31.2 Å². The summed E-state index contributed by atoms with van der Waals surface area (Å²) in [6.07, 6.45) is 0.846. The number of nitrogens with one attached hydrogen (secondary N) is 1. The summed E-state index contributed by atoms with van der Waals surface area (Å²) in [5.41, 5.74) is 0.222. The van der Waals surface area contributed by atoms with Crippen molar-refractivity contribution in [2.45, 2.75) is 33.3 Å². The predicted octanol–water partition coefficient (Wildman–Crippen LogP) is 2.89. The normalized spacial score (nSPS) is 11.1. The number of aryl methyl sites for hydroxylation is 1. The second kappa shape index (κ2) is 4.78. The lowest BCUT2D eigenvalue weighted by atomic mass is 10.2. The molecule has 0 saturated heterocycles. The zero-order valence-electron chi connectivity index (χ0n) is 9.67. The number of anilines is 1. The molecule has 1 rings (SSSR count). The molecule has 5 nitrogen and oxygen atoms in total. The van der Waals surface area contributed by atoms with Crippen molar-refractivity contribution in [1.29, 1.82) is 0 Å². The van der Waals surface area contributed by atoms with E-state index in [-0.39, 0.29) is 0 Å². The topological polar surface area (TPSA) is 64.1 Å². The van der Waals surface area contributed by atoms with Crippen LogP contribution >= 0.6 is 15.9 Å². The van der Waals surface area contributed by atoms with Crippen molar-refractivity contribution in [3.05, 3.63) is 16.5 Å². The number of hydrogen-bond donors (Lipinski definition) is 1. The first-order chi connectivity index (χ1) is 7.29. The van der Waals surface area contributed by atoms with Crippen LogP contribution in [0.3, 0.4) is 0 Å². The number of carbonyl (C=O) groups is 1. The van der Waals surface area contributed by atoms with Crippen molar-refractivity contribution in [2.24, 2.45) is 0 Å². The van der Waals surface area contributed by atoms with Gasteiger partial charge in [0.1, 0.15) is 11.9 Å². The molecule has 0 bridgehead atoms. The summed E-state index contributed by atoms with van der Waals surface area (Å²) in [7, 11) is 0. The van der Waals surface area contributed by atoms with E-state index in [0.717, 1.165) is 5.69 Å². The van der Waals surface area contributed by atoms with Crippen molar-refractivity contribution in [2.75, 3.05) is 5.32 Å². The maximum absolute atomic E-state index is 11.5. The fourth-order valence-electron chi connectivity index (χ4n) is 0.945. The molecule has 0 saturated carbocycles. The molecule has 0 unspecified atom stereocenters. The summed E-state index contributed by atoms with van der Waals surface area (Å²) >= 11 is 3.29. The molecule has 0 atom stereocenters. The highest BCUT2D eigenvalue weighted by Gasteiger charge is 2.17. The molecule has 6 heteroatoms. The molecule has 0 radical (unpaired) electrons. The number of aromatic nitrogens is 2. The van der Waals surface area contributed by atoms with Crippen molar-refractivity contribution >= 4 is 27.8 Å². The SMILES string of the molecule is Cc1ncnc(NC(=O)OC(C)(C)C)c1Br. The van der Waals surface area contributed by atoms with E-state index in [4.69, 9.17) is 4.74 Å². The van der Waals surface area contributed by atoms with Crippen LogP contribution in [0, 0.1) is 6.92 Å². The van der Waals surface area contributed by atoms with E-state index < -0.39 is 11.7 Å². The van der Waals surface area contributed by atoms with Gasteiger partial charge in [-0.25, -0.2) is 14.8 Å². The number of amides is 1. The van der Waals surface area contributed by atoms with Crippen LogP contribution in [0.5, 0.6) is 0 Å². The van der Waals surface area contributed by atoms with Crippen LogP contribution < -0.4 is 5.32 Å². The Morgan fingerprint density at radius 1 is 1.44 bits per heavy atom. The summed E-state index contributed by atoms with van der Waals surface area (Å²) in [5.74, 6) is 0.404. The number of hydrogen-bond acceptors (Lipinski definition) is 4. The van der Waals surface area contributed by atoms with Crippen LogP contribution in [0.15, 0.2) is 10.8 Å². The van der Waals surface area contributed by atoms with Gasteiger partial charge >= 0.3 is 6.09 Å². The van der Waals surface area contributed by atoms with Gasteiger partial charge in [-0.05, 0) is 43.6 Å². The van der Waals surface area contributed by atoms with Crippen LogP contribution in [0.2, 0.25) is 0 Å². The fraction of sp³-hybridized carbons (Fsp3) is 0.500. The second-order valence-electron chi connectivity index (χ2n) is 4.25. The molecule has 88 valence electrons. The number of ether oxygens (including phenoxy) is 1. The highest BCUT2D eigenvalue weighted by molar-refractivity contribution is 9.10. The Hall–Kier alpha value is -1.17. The first-order valence-corrected chi connectivity index (χ1v) is 5.56. The van der Waals surface area contributed by atoms with Crippen LogP contribution in [0.4, 0.5) is 10.6 Å². The third-order valence-electron chi connectivity index (χ3n) is 1.58. The minimum absolute atomic E-state index is 0.404. The van der Waals surface area contributed by atoms with Gasteiger partial charge in [-0.3, -0.25) is 5.32 Å². The lowest BCUT2D eigenvalue weighted by molar-refractivity contribution is 0.0635. The summed E-state index contributed by atoms with van der Waals surface area (Å²) in [6, 6.07) is 0. The van der Waals surface area contributed by atoms with Crippen LogP contribution in [0.25, 0.3) is 0 Å². The highest BCUT2D eigenvalue weighted by Crippen LogP contribution is 2.22. The fourth-order valence-corrected chi connectivity index (χ4v) is 1.25.